The van der Waals surface area contributed by atoms with Crippen LogP contribution in [0.25, 0.3) is 0 Å². The molecule has 0 fully saturated rings. The minimum Gasteiger partial charge on any atom is -0.365 e. The molecule has 1 atom stereocenters. The van der Waals surface area contributed by atoms with Crippen molar-refractivity contribution in [1.29, 1.82) is 0 Å². The van der Waals surface area contributed by atoms with Gasteiger partial charge in [-0.15, -0.1) is 0 Å². The van der Waals surface area contributed by atoms with Crippen molar-refractivity contribution in [3.8, 4) is 0 Å². The summed E-state index contributed by atoms with van der Waals surface area (Å²) in [5.41, 5.74) is 0.557. The molecule has 0 aromatic rings. The van der Waals surface area contributed by atoms with Crippen LogP contribution in [0.3, 0.4) is 0 Å². The van der Waals surface area contributed by atoms with Crippen LogP contribution in [0.15, 0.2) is 12.2 Å². The van der Waals surface area contributed by atoms with Crippen LogP contribution in [0.2, 0.25) is 0 Å². The molecular weight excluding hydrogens is 216 g/mol. The highest BCUT2D eigenvalue weighted by Gasteiger charge is 2.22. The van der Waals surface area contributed by atoms with Crippen LogP contribution in [0.1, 0.15) is 22.2 Å². The van der Waals surface area contributed by atoms with E-state index >= 15 is 0 Å². The second kappa shape index (κ2) is 6.55. The summed E-state index contributed by atoms with van der Waals surface area (Å²) in [5.74, 6) is 0.339. The lowest BCUT2D eigenvalue weighted by atomic mass is 10.0. The van der Waals surface area contributed by atoms with Crippen LogP contribution in [-0.4, -0.2) is 49.0 Å². The van der Waals surface area contributed by atoms with E-state index in [1.807, 2.05) is 6.21 Å². The van der Waals surface area contributed by atoms with Gasteiger partial charge in [-0.2, -0.15) is 0 Å². The van der Waals surface area contributed by atoms with Gasteiger partial charge in [0.1, 0.15) is 13.2 Å². The molecule has 0 aromatic carbocycles. The third-order valence-electron chi connectivity index (χ3n) is 2.91. The number of hydrogen-bond acceptors (Lipinski definition) is 2. The molecule has 1 N–H and O–H groups in total. The van der Waals surface area contributed by atoms with Gasteiger partial charge in [-0.3, -0.25) is 4.79 Å². The minimum atomic E-state index is -0.0584. The summed E-state index contributed by atoms with van der Waals surface area (Å²) in [6, 6.07) is 0.147. The van der Waals surface area contributed by atoms with Gasteiger partial charge in [-0.25, -0.2) is 4.58 Å². The standard InChI is InChI=1S/C13H22N2O2.H2/c1-10(2)12(14-13(16)11(3)4)9-15-5-7-17-8-6-15;/h5,10,12H,3,6-9H2,1-2,4H3;1H/p+1/t12-;/m1./s1. The molecule has 1 rings (SSSR count). The number of carbonyl (C=O) groups excluding carboxylic acids is 1. The van der Waals surface area contributed by atoms with E-state index < -0.39 is 0 Å². The highest BCUT2D eigenvalue weighted by atomic mass is 16.5. The number of nitrogens with zero attached hydrogens (tertiary/aromatic N) is 1. The first-order valence-corrected chi connectivity index (χ1v) is 6.12. The van der Waals surface area contributed by atoms with Crippen LogP contribution in [-0.2, 0) is 9.53 Å². The molecule has 0 radical (unpaired) electrons. The van der Waals surface area contributed by atoms with Crippen molar-refractivity contribution in [3.63, 3.8) is 0 Å². The number of ether oxygens (including phenoxy) is 1. The Morgan fingerprint density at radius 1 is 1.65 bits per heavy atom. The lowest BCUT2D eigenvalue weighted by molar-refractivity contribution is -0.537. The molecule has 0 aliphatic carbocycles. The molecule has 1 aliphatic rings. The number of amides is 1. The average Bonchev–Trinajstić information content (AvgIpc) is 2.29. The van der Waals surface area contributed by atoms with Gasteiger partial charge in [0.2, 0.25) is 5.91 Å². The summed E-state index contributed by atoms with van der Waals surface area (Å²) in [4.78, 5) is 11.6. The Balaban J connectivity index is 0.00000289. The molecule has 0 bridgehead atoms. The van der Waals surface area contributed by atoms with Gasteiger partial charge < -0.3 is 10.1 Å². The summed E-state index contributed by atoms with van der Waals surface area (Å²) < 4.78 is 7.48. The highest BCUT2D eigenvalue weighted by Crippen LogP contribution is 2.04. The van der Waals surface area contributed by atoms with E-state index in [2.05, 4.69) is 30.3 Å². The van der Waals surface area contributed by atoms with Crippen molar-refractivity contribution in [2.24, 2.45) is 5.92 Å². The first-order valence-electron chi connectivity index (χ1n) is 6.12. The van der Waals surface area contributed by atoms with Crippen LogP contribution >= 0.6 is 0 Å². The van der Waals surface area contributed by atoms with Gasteiger partial charge in [0.15, 0.2) is 19.3 Å². The molecule has 0 saturated heterocycles. The van der Waals surface area contributed by atoms with Gasteiger partial charge in [-0.05, 0) is 12.8 Å². The molecule has 0 saturated carbocycles. The van der Waals surface area contributed by atoms with Crippen LogP contribution in [0.4, 0.5) is 0 Å². The molecule has 0 spiro atoms. The van der Waals surface area contributed by atoms with E-state index in [9.17, 15) is 4.79 Å². The van der Waals surface area contributed by atoms with Gasteiger partial charge >= 0.3 is 0 Å². The molecule has 4 heteroatoms. The van der Waals surface area contributed by atoms with Crippen molar-refractivity contribution in [2.45, 2.75) is 26.8 Å². The van der Waals surface area contributed by atoms with E-state index in [1.165, 1.54) is 0 Å². The normalized spacial score (nSPS) is 17.5. The molecule has 1 aliphatic heterocycles. The van der Waals surface area contributed by atoms with Crippen LogP contribution < -0.4 is 5.32 Å². The Morgan fingerprint density at radius 3 is 2.82 bits per heavy atom. The fourth-order valence-corrected chi connectivity index (χ4v) is 1.65. The predicted octanol–water partition coefficient (Wildman–Crippen LogP) is 1.06. The van der Waals surface area contributed by atoms with Crippen LogP contribution in [0.5, 0.6) is 0 Å². The number of nitrogens with one attached hydrogen (secondary N) is 1. The first kappa shape index (κ1) is 13.9. The maximum absolute atomic E-state index is 11.6. The van der Waals surface area contributed by atoms with Crippen molar-refractivity contribution in [2.75, 3.05) is 26.3 Å². The zero-order chi connectivity index (χ0) is 12.8. The zero-order valence-corrected chi connectivity index (χ0v) is 11.0. The molecular formula is C13H25N2O2+. The lowest BCUT2D eigenvalue weighted by Crippen LogP contribution is -2.46. The Bertz CT molecular complexity index is 327. The molecule has 98 valence electrons. The molecule has 0 unspecified atom stereocenters. The Morgan fingerprint density at radius 2 is 2.35 bits per heavy atom. The van der Waals surface area contributed by atoms with Crippen LogP contribution in [0, 0.1) is 5.92 Å². The highest BCUT2D eigenvalue weighted by molar-refractivity contribution is 5.92. The SMILES string of the molecule is C=C(C)C(=O)N[C@H](C[N+]1=CCOCC1)C(C)C.[HH]. The molecule has 0 aromatic heterocycles. The third-order valence-corrected chi connectivity index (χ3v) is 2.91. The van der Waals surface area contributed by atoms with E-state index in [1.54, 1.807) is 6.92 Å². The van der Waals surface area contributed by atoms with Gasteiger partial charge in [0, 0.05) is 7.00 Å². The first-order chi connectivity index (χ1) is 8.00. The number of hydrogen-bond donors (Lipinski definition) is 1. The zero-order valence-electron chi connectivity index (χ0n) is 11.0. The van der Waals surface area contributed by atoms with E-state index in [0.717, 1.165) is 19.7 Å². The summed E-state index contributed by atoms with van der Waals surface area (Å²) >= 11 is 0. The monoisotopic (exact) mass is 241 g/mol. The average molecular weight is 241 g/mol. The summed E-state index contributed by atoms with van der Waals surface area (Å²) in [7, 11) is 0. The summed E-state index contributed by atoms with van der Waals surface area (Å²) in [6.45, 7) is 12.8. The fourth-order valence-electron chi connectivity index (χ4n) is 1.65. The smallest absolute Gasteiger partial charge is 0.246 e. The quantitative estimate of drug-likeness (QED) is 0.578. The van der Waals surface area contributed by atoms with Gasteiger partial charge in [-0.1, -0.05) is 20.4 Å². The Labute approximate surface area is 105 Å². The summed E-state index contributed by atoms with van der Waals surface area (Å²) in [6.07, 6.45) is 2.05. The molecule has 17 heavy (non-hydrogen) atoms. The lowest BCUT2D eigenvalue weighted by Gasteiger charge is -2.22. The van der Waals surface area contributed by atoms with Gasteiger partial charge in [0.25, 0.3) is 0 Å². The molecule has 1 amide bonds. The Hall–Kier alpha value is -1.16. The van der Waals surface area contributed by atoms with Crippen molar-refractivity contribution in [3.05, 3.63) is 12.2 Å². The van der Waals surface area contributed by atoms with Crippen molar-refractivity contribution in [1.82, 2.24) is 5.32 Å². The van der Waals surface area contributed by atoms with E-state index in [-0.39, 0.29) is 13.4 Å². The topological polar surface area (TPSA) is 41.3 Å². The van der Waals surface area contributed by atoms with Gasteiger partial charge in [0.05, 0.1) is 6.04 Å². The van der Waals surface area contributed by atoms with Crippen molar-refractivity contribution >= 4 is 12.1 Å². The van der Waals surface area contributed by atoms with E-state index in [4.69, 9.17) is 4.74 Å². The Kier molecular flexibility index (Phi) is 5.35. The fraction of sp³-hybridized carbons (Fsp3) is 0.692. The second-order valence-corrected chi connectivity index (χ2v) is 4.86. The molecule has 4 nitrogen and oxygen atoms in total. The van der Waals surface area contributed by atoms with Crippen molar-refractivity contribution < 1.29 is 15.5 Å². The maximum atomic E-state index is 11.6. The largest absolute Gasteiger partial charge is 0.365 e. The molecule has 1 heterocycles. The minimum absolute atomic E-state index is 0. The van der Waals surface area contributed by atoms with E-state index in [0.29, 0.717) is 18.1 Å². The number of carbonyl (C=O) groups is 1. The second-order valence-electron chi connectivity index (χ2n) is 4.86. The summed E-state index contributed by atoms with van der Waals surface area (Å²) in [5, 5.41) is 3.02. The maximum Gasteiger partial charge on any atom is 0.246 e. The number of rotatable bonds is 5. The predicted molar refractivity (Wildman–Crippen MR) is 70.6 cm³/mol. The third kappa shape index (κ3) is 4.69.